The number of thiocarbonyl (C=S) groups is 1. The molecule has 9 heteroatoms. The third kappa shape index (κ3) is 5.82. The fourth-order valence-corrected chi connectivity index (χ4v) is 4.23. The average Bonchev–Trinajstić information content (AvgIpc) is 3.24. The van der Waals surface area contributed by atoms with E-state index >= 15 is 0 Å². The summed E-state index contributed by atoms with van der Waals surface area (Å²) in [4.78, 5) is 0. The number of hydrogen-bond donors (Lipinski definition) is 2. The van der Waals surface area contributed by atoms with Crippen LogP contribution in [0.3, 0.4) is 0 Å². The number of rotatable bonds is 6. The first kappa shape index (κ1) is 23.5. The van der Waals surface area contributed by atoms with Crippen molar-refractivity contribution in [3.8, 4) is 0 Å². The fourth-order valence-electron chi connectivity index (χ4n) is 3.49. The van der Waals surface area contributed by atoms with Crippen molar-refractivity contribution in [1.29, 1.82) is 0 Å². The van der Waals surface area contributed by atoms with Crippen LogP contribution in [0.15, 0.2) is 59.2 Å². The third-order valence-corrected chi connectivity index (χ3v) is 6.32. The van der Waals surface area contributed by atoms with E-state index in [9.17, 15) is 0 Å². The van der Waals surface area contributed by atoms with E-state index in [1.54, 1.807) is 0 Å². The molecule has 0 aliphatic carbocycles. The molecular weight excluding hydrogens is 520 g/mol. The standard InChI is InChI=1S/C24H24BrClN6S/c1-15-4-6-19(7-5-15)13-32-17(3)22(16(2)29-32)27-24(33)28-23-21(25)14-31(30-23)12-18-8-10-20(26)11-9-18/h4-11,14H,12-13H2,1-3H3,(H2,27,28,30,33). The number of hydrogen-bond acceptors (Lipinski definition) is 3. The number of nitrogens with one attached hydrogen (secondary N) is 2. The van der Waals surface area contributed by atoms with Crippen molar-refractivity contribution in [3.05, 3.63) is 92.3 Å². The fraction of sp³-hybridized carbons (Fsp3) is 0.208. The lowest BCUT2D eigenvalue weighted by Crippen LogP contribution is -2.20. The molecule has 0 unspecified atom stereocenters. The van der Waals surface area contributed by atoms with Crippen molar-refractivity contribution in [3.63, 3.8) is 0 Å². The summed E-state index contributed by atoms with van der Waals surface area (Å²) < 4.78 is 4.65. The van der Waals surface area contributed by atoms with Crippen molar-refractivity contribution in [1.82, 2.24) is 19.6 Å². The molecule has 0 fully saturated rings. The maximum absolute atomic E-state index is 5.97. The van der Waals surface area contributed by atoms with E-state index in [1.165, 1.54) is 11.1 Å². The number of aromatic nitrogens is 4. The number of anilines is 2. The van der Waals surface area contributed by atoms with Gasteiger partial charge in [-0.05, 0) is 72.2 Å². The maximum atomic E-state index is 5.97. The van der Waals surface area contributed by atoms with E-state index < -0.39 is 0 Å². The van der Waals surface area contributed by atoms with Crippen LogP contribution >= 0.6 is 39.7 Å². The SMILES string of the molecule is Cc1ccc(Cn2nc(C)c(NC(=S)Nc3nn(Cc4ccc(Cl)cc4)cc3Br)c2C)cc1. The minimum Gasteiger partial charge on any atom is -0.329 e. The first-order valence-electron chi connectivity index (χ1n) is 10.4. The van der Waals surface area contributed by atoms with E-state index in [-0.39, 0.29) is 0 Å². The normalized spacial score (nSPS) is 10.9. The summed E-state index contributed by atoms with van der Waals surface area (Å²) in [5.74, 6) is 0.642. The zero-order valence-electron chi connectivity index (χ0n) is 18.6. The van der Waals surface area contributed by atoms with Crippen LogP contribution in [0.25, 0.3) is 0 Å². The summed E-state index contributed by atoms with van der Waals surface area (Å²) in [6.07, 6.45) is 1.91. The highest BCUT2D eigenvalue weighted by Crippen LogP contribution is 2.24. The summed E-state index contributed by atoms with van der Waals surface area (Å²) in [6, 6.07) is 16.2. The molecule has 0 amide bonds. The van der Waals surface area contributed by atoms with Crippen LogP contribution in [0.4, 0.5) is 11.5 Å². The molecule has 0 atom stereocenters. The smallest absolute Gasteiger partial charge is 0.176 e. The molecule has 6 nitrogen and oxygen atoms in total. The molecule has 0 aliphatic heterocycles. The van der Waals surface area contributed by atoms with Crippen LogP contribution in [-0.2, 0) is 13.1 Å². The number of halogens is 2. The Balaban J connectivity index is 1.42. The molecule has 0 spiro atoms. The zero-order chi connectivity index (χ0) is 23.5. The van der Waals surface area contributed by atoms with E-state index in [4.69, 9.17) is 28.9 Å². The van der Waals surface area contributed by atoms with Gasteiger partial charge in [-0.25, -0.2) is 0 Å². The van der Waals surface area contributed by atoms with Crippen molar-refractivity contribution < 1.29 is 0 Å². The lowest BCUT2D eigenvalue weighted by molar-refractivity contribution is 0.659. The van der Waals surface area contributed by atoms with Crippen molar-refractivity contribution >= 4 is 56.4 Å². The highest BCUT2D eigenvalue weighted by atomic mass is 79.9. The van der Waals surface area contributed by atoms with Crippen molar-refractivity contribution in [2.24, 2.45) is 0 Å². The largest absolute Gasteiger partial charge is 0.329 e. The minimum absolute atomic E-state index is 0.452. The van der Waals surface area contributed by atoms with Crippen LogP contribution in [0, 0.1) is 20.8 Å². The second-order valence-electron chi connectivity index (χ2n) is 7.92. The van der Waals surface area contributed by atoms with Gasteiger partial charge in [-0.3, -0.25) is 9.36 Å². The van der Waals surface area contributed by atoms with Gasteiger partial charge in [-0.2, -0.15) is 10.2 Å². The van der Waals surface area contributed by atoms with E-state index in [2.05, 4.69) is 62.9 Å². The molecule has 2 aromatic carbocycles. The quantitative estimate of drug-likeness (QED) is 0.278. The Labute approximate surface area is 212 Å². The predicted octanol–water partition coefficient (Wildman–Crippen LogP) is 6.33. The van der Waals surface area contributed by atoms with E-state index in [0.717, 1.165) is 27.1 Å². The Morgan fingerprint density at radius 2 is 1.58 bits per heavy atom. The topological polar surface area (TPSA) is 59.7 Å². The predicted molar refractivity (Wildman–Crippen MR) is 142 cm³/mol. The summed E-state index contributed by atoms with van der Waals surface area (Å²) in [7, 11) is 0. The van der Waals surface area contributed by atoms with Crippen molar-refractivity contribution in [2.75, 3.05) is 10.6 Å². The van der Waals surface area contributed by atoms with Gasteiger partial charge in [0.05, 0.1) is 34.6 Å². The lowest BCUT2D eigenvalue weighted by atomic mass is 10.1. The van der Waals surface area contributed by atoms with Gasteiger partial charge in [0.25, 0.3) is 0 Å². The zero-order valence-corrected chi connectivity index (χ0v) is 21.7. The van der Waals surface area contributed by atoms with Crippen LogP contribution in [-0.4, -0.2) is 24.7 Å². The Hall–Kier alpha value is -2.68. The highest BCUT2D eigenvalue weighted by Gasteiger charge is 2.15. The van der Waals surface area contributed by atoms with Crippen LogP contribution in [0.2, 0.25) is 5.02 Å². The molecule has 2 N–H and O–H groups in total. The first-order valence-corrected chi connectivity index (χ1v) is 12.0. The van der Waals surface area contributed by atoms with Gasteiger partial charge in [-0.15, -0.1) is 0 Å². The summed E-state index contributed by atoms with van der Waals surface area (Å²) in [6.45, 7) is 7.43. The molecule has 0 aliphatic rings. The summed E-state index contributed by atoms with van der Waals surface area (Å²) in [5.41, 5.74) is 6.35. The Morgan fingerprint density at radius 1 is 0.939 bits per heavy atom. The third-order valence-electron chi connectivity index (χ3n) is 5.28. The van der Waals surface area contributed by atoms with Crippen LogP contribution < -0.4 is 10.6 Å². The van der Waals surface area contributed by atoms with Crippen molar-refractivity contribution in [2.45, 2.75) is 33.9 Å². The van der Waals surface area contributed by atoms with Gasteiger partial charge < -0.3 is 10.6 Å². The maximum Gasteiger partial charge on any atom is 0.176 e. The van der Waals surface area contributed by atoms with Gasteiger partial charge in [0.15, 0.2) is 10.9 Å². The number of nitrogens with zero attached hydrogens (tertiary/aromatic N) is 4. The molecule has 0 radical (unpaired) electrons. The molecular formula is C24H24BrClN6S. The average molecular weight is 544 g/mol. The van der Waals surface area contributed by atoms with Gasteiger partial charge in [0, 0.05) is 11.2 Å². The molecule has 0 saturated carbocycles. The monoisotopic (exact) mass is 542 g/mol. The molecule has 0 saturated heterocycles. The lowest BCUT2D eigenvalue weighted by Gasteiger charge is -2.10. The Morgan fingerprint density at radius 3 is 2.27 bits per heavy atom. The molecule has 2 heterocycles. The number of aryl methyl sites for hydroxylation is 2. The molecule has 0 bridgehead atoms. The van der Waals surface area contributed by atoms with Gasteiger partial charge in [0.2, 0.25) is 0 Å². The van der Waals surface area contributed by atoms with Gasteiger partial charge >= 0.3 is 0 Å². The van der Waals surface area contributed by atoms with Gasteiger partial charge in [-0.1, -0.05) is 53.6 Å². The first-order chi connectivity index (χ1) is 15.8. The number of benzene rings is 2. The van der Waals surface area contributed by atoms with Crippen LogP contribution in [0.1, 0.15) is 28.1 Å². The summed E-state index contributed by atoms with van der Waals surface area (Å²) >= 11 is 15.1. The van der Waals surface area contributed by atoms with E-state index in [0.29, 0.717) is 29.0 Å². The highest BCUT2D eigenvalue weighted by molar-refractivity contribution is 9.10. The molecule has 170 valence electrons. The molecule has 2 aromatic heterocycles. The molecule has 33 heavy (non-hydrogen) atoms. The van der Waals surface area contributed by atoms with E-state index in [1.807, 2.05) is 53.7 Å². The Kier molecular flexibility index (Phi) is 7.17. The minimum atomic E-state index is 0.452. The summed E-state index contributed by atoms with van der Waals surface area (Å²) in [5, 5.41) is 16.9. The second-order valence-corrected chi connectivity index (χ2v) is 9.62. The Bertz CT molecular complexity index is 1280. The van der Waals surface area contributed by atoms with Gasteiger partial charge in [0.1, 0.15) is 0 Å². The van der Waals surface area contributed by atoms with Crippen LogP contribution in [0.5, 0.6) is 0 Å². The molecule has 4 rings (SSSR count). The second kappa shape index (κ2) is 10.1. The molecule has 4 aromatic rings.